The van der Waals surface area contributed by atoms with E-state index in [1.165, 1.54) is 31.3 Å². The molecule has 0 aliphatic carbocycles. The van der Waals surface area contributed by atoms with Crippen molar-refractivity contribution >= 4 is 6.29 Å². The lowest BCUT2D eigenvalue weighted by atomic mass is 10.2. The van der Waals surface area contributed by atoms with Gasteiger partial charge >= 0.3 is 6.36 Å². The monoisotopic (exact) mass is 439 g/mol. The van der Waals surface area contributed by atoms with Gasteiger partial charge in [0.1, 0.15) is 5.75 Å². The molecule has 3 aromatic rings. The van der Waals surface area contributed by atoms with Crippen LogP contribution >= 0.6 is 0 Å². The van der Waals surface area contributed by atoms with Crippen molar-refractivity contribution in [2.45, 2.75) is 18.8 Å². The van der Waals surface area contributed by atoms with E-state index in [9.17, 15) is 18.0 Å². The number of rotatable bonds is 4. The first kappa shape index (κ1) is 24.1. The Morgan fingerprint density at radius 2 is 2.16 bits per heavy atom. The van der Waals surface area contributed by atoms with Gasteiger partial charge in [-0.3, -0.25) is 9.48 Å². The van der Waals surface area contributed by atoms with E-state index < -0.39 is 6.36 Å². The number of hydrogen-bond acceptors (Lipinski definition) is 7. The van der Waals surface area contributed by atoms with E-state index in [4.69, 9.17) is 4.42 Å². The quantitative estimate of drug-likeness (QED) is 0.604. The van der Waals surface area contributed by atoms with Gasteiger partial charge in [-0.15, -0.1) is 13.2 Å². The summed E-state index contributed by atoms with van der Waals surface area (Å²) in [5.74, 6) is -0.332. The normalized spacial score (nSPS) is 15.3. The fourth-order valence-electron chi connectivity index (χ4n) is 2.57. The van der Waals surface area contributed by atoms with Crippen LogP contribution in [0.1, 0.15) is 17.1 Å². The summed E-state index contributed by atoms with van der Waals surface area (Å²) in [6.45, 7) is 2.34. The average Bonchev–Trinajstić information content (AvgIpc) is 3.50. The van der Waals surface area contributed by atoms with Crippen LogP contribution in [0.2, 0.25) is 0 Å². The number of likely N-dealkylation sites (N-methyl/N-ethyl adjacent to an activating group) is 1. The zero-order valence-electron chi connectivity index (χ0n) is 17.1. The largest absolute Gasteiger partial charge is 0.573 e. The van der Waals surface area contributed by atoms with Crippen LogP contribution in [0.5, 0.6) is 5.75 Å². The summed E-state index contributed by atoms with van der Waals surface area (Å²) >= 11 is 0. The number of carbonyl (C=O) groups excluding carboxylic acids is 1. The van der Waals surface area contributed by atoms with Crippen molar-refractivity contribution in [1.29, 1.82) is 0 Å². The maximum Gasteiger partial charge on any atom is 0.573 e. The zero-order valence-corrected chi connectivity index (χ0v) is 17.1. The molecule has 1 fully saturated rings. The van der Waals surface area contributed by atoms with Crippen molar-refractivity contribution in [3.63, 3.8) is 0 Å². The number of nitrogens with zero attached hydrogens (tertiary/aromatic N) is 3. The molecule has 168 valence electrons. The van der Waals surface area contributed by atoms with Crippen molar-refractivity contribution in [2.75, 3.05) is 20.1 Å². The molecule has 0 spiro atoms. The summed E-state index contributed by atoms with van der Waals surface area (Å²) in [5.41, 5.74) is 0.331. The second-order valence-corrected chi connectivity index (χ2v) is 6.41. The lowest BCUT2D eigenvalue weighted by Crippen LogP contribution is -2.26. The zero-order chi connectivity index (χ0) is 22.7. The molecule has 8 nitrogen and oxygen atoms in total. The fraction of sp³-hybridized carbons (Fsp3) is 0.350. The molecular formula is C20H24F3N5O3. The Kier molecular flexibility index (Phi) is 9.22. The smallest absolute Gasteiger partial charge is 0.434 e. The number of benzene rings is 1. The summed E-state index contributed by atoms with van der Waals surface area (Å²) in [6, 6.07) is 7.81. The molecule has 1 unspecified atom stereocenters. The third kappa shape index (κ3) is 9.01. The van der Waals surface area contributed by atoms with E-state index >= 15 is 0 Å². The number of alkyl halides is 3. The summed E-state index contributed by atoms with van der Waals surface area (Å²) in [5, 5.41) is 10.3. The van der Waals surface area contributed by atoms with E-state index in [1.807, 2.05) is 26.4 Å². The number of ether oxygens (including phenoxy) is 1. The van der Waals surface area contributed by atoms with Gasteiger partial charge in [-0.05, 0) is 38.2 Å². The SMILES string of the molecule is CNC1CCNC1.Cn1cccn1.O=Cc1ncc(-c2cccc(OC(F)(F)F)c2)o1. The van der Waals surface area contributed by atoms with Crippen LogP contribution in [0.25, 0.3) is 11.3 Å². The molecule has 2 N–H and O–H groups in total. The third-order valence-corrected chi connectivity index (χ3v) is 4.08. The molecular weight excluding hydrogens is 415 g/mol. The van der Waals surface area contributed by atoms with Crippen molar-refractivity contribution in [3.05, 3.63) is 54.8 Å². The van der Waals surface area contributed by atoms with Gasteiger partial charge in [0.25, 0.3) is 5.89 Å². The summed E-state index contributed by atoms with van der Waals surface area (Å²) in [7, 11) is 3.90. The molecule has 3 heterocycles. The van der Waals surface area contributed by atoms with E-state index in [0.717, 1.165) is 24.7 Å². The van der Waals surface area contributed by atoms with Crippen molar-refractivity contribution < 1.29 is 27.1 Å². The Bertz CT molecular complexity index is 907. The first-order chi connectivity index (χ1) is 14.8. The number of carbonyl (C=O) groups is 1. The summed E-state index contributed by atoms with van der Waals surface area (Å²) in [6.07, 6.45) is 1.82. The second-order valence-electron chi connectivity index (χ2n) is 6.41. The molecule has 0 saturated carbocycles. The highest BCUT2D eigenvalue weighted by Gasteiger charge is 2.31. The van der Waals surface area contributed by atoms with Gasteiger partial charge in [0.15, 0.2) is 5.76 Å². The number of aryl methyl sites for hydroxylation is 1. The molecule has 2 aromatic heterocycles. The minimum Gasteiger partial charge on any atom is -0.434 e. The molecule has 1 atom stereocenters. The van der Waals surface area contributed by atoms with Gasteiger partial charge in [0.05, 0.1) is 6.20 Å². The van der Waals surface area contributed by atoms with E-state index in [0.29, 0.717) is 11.8 Å². The molecule has 0 amide bonds. The predicted molar refractivity (Wildman–Crippen MR) is 108 cm³/mol. The van der Waals surface area contributed by atoms with Gasteiger partial charge in [-0.25, -0.2) is 4.98 Å². The van der Waals surface area contributed by atoms with Crippen molar-refractivity contribution in [3.8, 4) is 17.1 Å². The van der Waals surface area contributed by atoms with Crippen LogP contribution in [0.4, 0.5) is 13.2 Å². The molecule has 1 saturated heterocycles. The molecule has 31 heavy (non-hydrogen) atoms. The number of nitrogens with one attached hydrogen (secondary N) is 2. The van der Waals surface area contributed by atoms with Crippen LogP contribution in [0, 0.1) is 0 Å². The topological polar surface area (TPSA) is 94.2 Å². The van der Waals surface area contributed by atoms with Gasteiger partial charge in [-0.2, -0.15) is 5.10 Å². The van der Waals surface area contributed by atoms with E-state index in [-0.39, 0.29) is 17.4 Å². The van der Waals surface area contributed by atoms with Gasteiger partial charge in [0.2, 0.25) is 6.29 Å². The van der Waals surface area contributed by atoms with Crippen LogP contribution < -0.4 is 15.4 Å². The Balaban J connectivity index is 0.000000213. The maximum atomic E-state index is 12.0. The average molecular weight is 439 g/mol. The number of oxazole rings is 1. The Hall–Kier alpha value is -3.18. The fourth-order valence-corrected chi connectivity index (χ4v) is 2.57. The Labute approximate surface area is 177 Å². The lowest BCUT2D eigenvalue weighted by molar-refractivity contribution is -0.274. The number of aldehydes is 1. The minimum atomic E-state index is -4.76. The molecule has 1 aliphatic heterocycles. The van der Waals surface area contributed by atoms with Gasteiger partial charge in [-0.1, -0.05) is 12.1 Å². The molecule has 11 heteroatoms. The number of halogens is 3. The Morgan fingerprint density at radius 1 is 1.35 bits per heavy atom. The van der Waals surface area contributed by atoms with Gasteiger partial charge in [0, 0.05) is 37.6 Å². The van der Waals surface area contributed by atoms with E-state index in [2.05, 4.69) is 25.5 Å². The predicted octanol–water partition coefficient (Wildman–Crippen LogP) is 3.04. The first-order valence-corrected chi connectivity index (χ1v) is 9.39. The number of aromatic nitrogens is 3. The summed E-state index contributed by atoms with van der Waals surface area (Å²) in [4.78, 5) is 14.0. The highest BCUT2D eigenvalue weighted by molar-refractivity contribution is 5.69. The van der Waals surface area contributed by atoms with Crippen LogP contribution in [0.15, 0.2) is 53.3 Å². The standard InChI is InChI=1S/C11H6F3NO3.C5H12N2.C4H6N2/c12-11(13,14)18-8-3-1-2-7(4-8)9-5-15-10(6-16)17-9;1-6-5-2-3-7-4-5;1-6-4-2-3-5-6/h1-6H;5-7H,2-4H2,1H3;2-4H,1H3. The molecule has 4 rings (SSSR count). The minimum absolute atomic E-state index is 0.146. The highest BCUT2D eigenvalue weighted by Crippen LogP contribution is 2.28. The highest BCUT2D eigenvalue weighted by atomic mass is 19.4. The van der Waals surface area contributed by atoms with Gasteiger partial charge < -0.3 is 19.8 Å². The number of hydrogen-bond donors (Lipinski definition) is 2. The second kappa shape index (κ2) is 11.9. The van der Waals surface area contributed by atoms with Crippen molar-refractivity contribution in [1.82, 2.24) is 25.4 Å². The molecule has 0 bridgehead atoms. The van der Waals surface area contributed by atoms with Crippen molar-refractivity contribution in [2.24, 2.45) is 7.05 Å². The summed E-state index contributed by atoms with van der Waals surface area (Å²) < 4.78 is 46.6. The van der Waals surface area contributed by atoms with Crippen LogP contribution in [-0.2, 0) is 7.05 Å². The first-order valence-electron chi connectivity index (χ1n) is 9.39. The van der Waals surface area contributed by atoms with Crippen LogP contribution in [-0.4, -0.2) is 53.6 Å². The third-order valence-electron chi connectivity index (χ3n) is 4.08. The van der Waals surface area contributed by atoms with E-state index in [1.54, 1.807) is 10.9 Å². The molecule has 1 aliphatic rings. The molecule has 1 aromatic carbocycles. The molecule has 0 radical (unpaired) electrons. The van der Waals surface area contributed by atoms with Crippen LogP contribution in [0.3, 0.4) is 0 Å². The Morgan fingerprint density at radius 3 is 2.61 bits per heavy atom. The maximum absolute atomic E-state index is 12.0. The lowest BCUT2D eigenvalue weighted by Gasteiger charge is -2.09.